The molecule has 3 rings (SSSR count). The molecule has 7 heteroatoms. The van der Waals surface area contributed by atoms with Crippen molar-refractivity contribution < 1.29 is 19.1 Å². The van der Waals surface area contributed by atoms with Crippen molar-refractivity contribution in [1.82, 2.24) is 15.2 Å². The summed E-state index contributed by atoms with van der Waals surface area (Å²) in [5.41, 5.74) is 5.96. The fourth-order valence-electron chi connectivity index (χ4n) is 4.29. The van der Waals surface area contributed by atoms with Gasteiger partial charge in [0.15, 0.2) is 0 Å². The van der Waals surface area contributed by atoms with Crippen LogP contribution in [0.4, 0.5) is 4.79 Å². The zero-order chi connectivity index (χ0) is 21.8. The fourth-order valence-corrected chi connectivity index (χ4v) is 4.29. The Bertz CT molecular complexity index is 793. The van der Waals surface area contributed by atoms with E-state index in [0.29, 0.717) is 19.7 Å². The summed E-state index contributed by atoms with van der Waals surface area (Å²) in [5.74, 6) is -0.471. The number of hydrogen-bond donors (Lipinski definition) is 1. The van der Waals surface area contributed by atoms with Gasteiger partial charge in [-0.05, 0) is 42.4 Å². The van der Waals surface area contributed by atoms with Gasteiger partial charge in [-0.15, -0.1) is 0 Å². The molecule has 0 unspecified atom stereocenters. The van der Waals surface area contributed by atoms with Crippen LogP contribution < -0.4 is 5.32 Å². The lowest BCUT2D eigenvalue weighted by atomic mass is 9.89. The van der Waals surface area contributed by atoms with E-state index in [0.717, 1.165) is 43.4 Å². The summed E-state index contributed by atoms with van der Waals surface area (Å²) in [4.78, 5) is 31.8. The SMILES string of the molecule is CCCCc1nc2c(c3c1C[C@H](C)OC3)CN(C(=O)N[C@H](C(=O)OC)C(C)C)CC2. The van der Waals surface area contributed by atoms with Crippen LogP contribution in [0.1, 0.15) is 68.6 Å². The quantitative estimate of drug-likeness (QED) is 0.719. The predicted molar refractivity (Wildman–Crippen MR) is 114 cm³/mol. The second-order valence-corrected chi connectivity index (χ2v) is 8.74. The highest BCUT2D eigenvalue weighted by Crippen LogP contribution is 2.32. The van der Waals surface area contributed by atoms with E-state index in [2.05, 4.69) is 19.2 Å². The summed E-state index contributed by atoms with van der Waals surface area (Å²) in [6.07, 6.45) is 5.05. The lowest BCUT2D eigenvalue weighted by Gasteiger charge is -2.35. The first-order valence-electron chi connectivity index (χ1n) is 11.1. The van der Waals surface area contributed by atoms with Crippen molar-refractivity contribution in [3.63, 3.8) is 0 Å². The highest BCUT2D eigenvalue weighted by atomic mass is 16.5. The van der Waals surface area contributed by atoms with E-state index in [1.165, 1.54) is 23.9 Å². The third kappa shape index (κ3) is 4.77. The number of ether oxygens (including phenoxy) is 2. The molecule has 0 fully saturated rings. The monoisotopic (exact) mass is 417 g/mol. The van der Waals surface area contributed by atoms with Gasteiger partial charge in [0.1, 0.15) is 6.04 Å². The van der Waals surface area contributed by atoms with Gasteiger partial charge in [-0.1, -0.05) is 27.2 Å². The minimum atomic E-state index is -0.656. The summed E-state index contributed by atoms with van der Waals surface area (Å²) < 4.78 is 10.8. The van der Waals surface area contributed by atoms with Crippen LogP contribution >= 0.6 is 0 Å². The summed E-state index contributed by atoms with van der Waals surface area (Å²) in [5, 5.41) is 2.85. The fraction of sp³-hybridized carbons (Fsp3) is 0.696. The molecular weight excluding hydrogens is 382 g/mol. The van der Waals surface area contributed by atoms with Crippen molar-refractivity contribution in [1.29, 1.82) is 0 Å². The second kappa shape index (κ2) is 9.77. The van der Waals surface area contributed by atoms with E-state index in [9.17, 15) is 9.59 Å². The standard InChI is InChI=1S/C23H35N3O4/c1-6-7-8-19-16-11-15(4)30-13-18(16)17-12-26(10-9-20(17)24-19)23(28)25-21(14(2)3)22(27)29-5/h14-15,21H,6-13H2,1-5H3,(H,25,28)/t15-,21-/m0/s1. The zero-order valence-corrected chi connectivity index (χ0v) is 18.9. The number of hydrogen-bond acceptors (Lipinski definition) is 5. The number of fused-ring (bicyclic) bond motifs is 3. The maximum Gasteiger partial charge on any atom is 0.328 e. The van der Waals surface area contributed by atoms with Crippen molar-refractivity contribution in [3.05, 3.63) is 28.1 Å². The molecule has 1 N–H and O–H groups in total. The molecule has 0 bridgehead atoms. The molecule has 0 radical (unpaired) electrons. The summed E-state index contributed by atoms with van der Waals surface area (Å²) in [7, 11) is 1.34. The number of methoxy groups -OCH3 is 1. The maximum absolute atomic E-state index is 12.9. The average molecular weight is 418 g/mol. The minimum absolute atomic E-state index is 0.0519. The number of amides is 2. The highest BCUT2D eigenvalue weighted by Gasteiger charge is 2.32. The van der Waals surface area contributed by atoms with Gasteiger partial charge in [0.25, 0.3) is 0 Å². The van der Waals surface area contributed by atoms with Gasteiger partial charge in [0, 0.05) is 37.3 Å². The van der Waals surface area contributed by atoms with E-state index in [1.54, 1.807) is 4.90 Å². The van der Waals surface area contributed by atoms with Gasteiger partial charge >= 0.3 is 12.0 Å². The molecule has 1 aromatic heterocycles. The number of urea groups is 1. The largest absolute Gasteiger partial charge is 0.467 e. The predicted octanol–water partition coefficient (Wildman–Crippen LogP) is 3.15. The van der Waals surface area contributed by atoms with Crippen molar-refractivity contribution in [2.75, 3.05) is 13.7 Å². The van der Waals surface area contributed by atoms with E-state index in [4.69, 9.17) is 14.5 Å². The van der Waals surface area contributed by atoms with Crippen LogP contribution in [0.2, 0.25) is 0 Å². The Kier molecular flexibility index (Phi) is 7.34. The topological polar surface area (TPSA) is 80.8 Å². The first-order valence-corrected chi connectivity index (χ1v) is 11.1. The van der Waals surface area contributed by atoms with Crippen LogP contribution in [0.15, 0.2) is 0 Å². The maximum atomic E-state index is 12.9. The molecule has 2 aliphatic rings. The molecule has 2 atom stereocenters. The Hall–Kier alpha value is -2.15. The molecule has 2 aliphatic heterocycles. The van der Waals surface area contributed by atoms with Crippen LogP contribution in [0, 0.1) is 5.92 Å². The van der Waals surface area contributed by atoms with Crippen LogP contribution in [-0.4, -0.2) is 47.7 Å². The Morgan fingerprint density at radius 2 is 2.07 bits per heavy atom. The summed E-state index contributed by atoms with van der Waals surface area (Å²) >= 11 is 0. The first-order chi connectivity index (χ1) is 14.3. The second-order valence-electron chi connectivity index (χ2n) is 8.74. The third-order valence-corrected chi connectivity index (χ3v) is 6.12. The Balaban J connectivity index is 1.83. The van der Waals surface area contributed by atoms with Gasteiger partial charge < -0.3 is 19.7 Å². The molecule has 0 saturated carbocycles. The number of carbonyl (C=O) groups is 2. The number of rotatable bonds is 6. The molecule has 1 aromatic rings. The summed E-state index contributed by atoms with van der Waals surface area (Å²) in [6.45, 7) is 9.74. The van der Waals surface area contributed by atoms with Crippen LogP contribution in [0.3, 0.4) is 0 Å². The van der Waals surface area contributed by atoms with Crippen molar-refractivity contribution in [2.24, 2.45) is 5.92 Å². The Morgan fingerprint density at radius 3 is 2.73 bits per heavy atom. The van der Waals surface area contributed by atoms with Gasteiger partial charge in [-0.25, -0.2) is 9.59 Å². The van der Waals surface area contributed by atoms with Crippen LogP contribution in [-0.2, 0) is 46.7 Å². The molecule has 3 heterocycles. The Labute approximate surface area is 179 Å². The molecular formula is C23H35N3O4. The molecule has 30 heavy (non-hydrogen) atoms. The number of aryl methyl sites for hydroxylation is 1. The van der Waals surface area contributed by atoms with Crippen LogP contribution in [0.5, 0.6) is 0 Å². The Morgan fingerprint density at radius 1 is 1.30 bits per heavy atom. The number of esters is 1. The van der Waals surface area contributed by atoms with Gasteiger partial charge in [0.2, 0.25) is 0 Å². The smallest absolute Gasteiger partial charge is 0.328 e. The number of pyridine rings is 1. The van der Waals surface area contributed by atoms with Gasteiger partial charge in [0.05, 0.1) is 19.8 Å². The average Bonchev–Trinajstić information content (AvgIpc) is 2.74. The first kappa shape index (κ1) is 22.5. The van der Waals surface area contributed by atoms with Crippen LogP contribution in [0.25, 0.3) is 0 Å². The number of nitrogens with one attached hydrogen (secondary N) is 1. The molecule has 166 valence electrons. The molecule has 2 amide bonds. The lowest BCUT2D eigenvalue weighted by Crippen LogP contribution is -2.51. The molecule has 0 spiro atoms. The van der Waals surface area contributed by atoms with Crippen molar-refractivity contribution >= 4 is 12.0 Å². The van der Waals surface area contributed by atoms with E-state index in [-0.39, 0.29) is 18.1 Å². The highest BCUT2D eigenvalue weighted by molar-refractivity contribution is 5.84. The molecule has 0 aliphatic carbocycles. The molecule has 0 aromatic carbocycles. The molecule has 7 nitrogen and oxygen atoms in total. The van der Waals surface area contributed by atoms with Gasteiger partial charge in [-0.2, -0.15) is 0 Å². The third-order valence-electron chi connectivity index (χ3n) is 6.12. The zero-order valence-electron chi connectivity index (χ0n) is 18.9. The lowest BCUT2D eigenvalue weighted by molar-refractivity contribution is -0.144. The number of aromatic nitrogens is 1. The summed E-state index contributed by atoms with van der Waals surface area (Å²) in [6, 6.07) is -0.893. The van der Waals surface area contributed by atoms with E-state index in [1.807, 2.05) is 13.8 Å². The number of carbonyl (C=O) groups excluding carboxylic acids is 2. The van der Waals surface area contributed by atoms with Crippen molar-refractivity contribution in [2.45, 2.75) is 85.1 Å². The normalized spacial score (nSPS) is 19.1. The minimum Gasteiger partial charge on any atom is -0.467 e. The van der Waals surface area contributed by atoms with Gasteiger partial charge in [-0.3, -0.25) is 4.98 Å². The number of unbranched alkanes of at least 4 members (excludes halogenated alkanes) is 1. The van der Waals surface area contributed by atoms with E-state index >= 15 is 0 Å². The van der Waals surface area contributed by atoms with E-state index < -0.39 is 12.0 Å². The number of nitrogens with zero attached hydrogens (tertiary/aromatic N) is 2. The van der Waals surface area contributed by atoms with Crippen molar-refractivity contribution in [3.8, 4) is 0 Å². The molecule has 0 saturated heterocycles.